The van der Waals surface area contributed by atoms with E-state index < -0.39 is 5.82 Å². The van der Waals surface area contributed by atoms with Crippen LogP contribution in [0.4, 0.5) is 4.39 Å². The van der Waals surface area contributed by atoms with E-state index in [-0.39, 0.29) is 23.0 Å². The zero-order valence-electron chi connectivity index (χ0n) is 10.2. The molecule has 1 aromatic carbocycles. The molecule has 0 fully saturated rings. The summed E-state index contributed by atoms with van der Waals surface area (Å²) >= 11 is 9.01. The maximum Gasteiger partial charge on any atom is 0.328 e. The minimum atomic E-state index is -0.450. The fourth-order valence-electron chi connectivity index (χ4n) is 1.55. The van der Waals surface area contributed by atoms with E-state index >= 15 is 0 Å². The van der Waals surface area contributed by atoms with Crippen molar-refractivity contribution in [3.8, 4) is 17.7 Å². The molecule has 0 spiro atoms. The number of halogens is 3. The van der Waals surface area contributed by atoms with E-state index in [4.69, 9.17) is 16.3 Å². The Labute approximate surface area is 131 Å². The van der Waals surface area contributed by atoms with Crippen molar-refractivity contribution >= 4 is 27.5 Å². The average molecular weight is 371 g/mol. The molecule has 6 nitrogen and oxygen atoms in total. The predicted octanol–water partition coefficient (Wildman–Crippen LogP) is 3.40. The maximum atomic E-state index is 13.3. The average Bonchev–Trinajstić information content (AvgIpc) is 2.90. The Kier molecular flexibility index (Phi) is 3.80. The fourth-order valence-corrected chi connectivity index (χ4v) is 2.15. The summed E-state index contributed by atoms with van der Waals surface area (Å²) in [6, 6.07) is 4.05. The van der Waals surface area contributed by atoms with Crippen molar-refractivity contribution in [2.75, 3.05) is 0 Å². The Balaban J connectivity index is 1.95. The minimum Gasteiger partial charge on any atom is -0.424 e. The highest BCUT2D eigenvalue weighted by Gasteiger charge is 2.10. The third-order valence-electron chi connectivity index (χ3n) is 2.36. The summed E-state index contributed by atoms with van der Waals surface area (Å²) in [5.41, 5.74) is 0. The van der Waals surface area contributed by atoms with Crippen molar-refractivity contribution in [3.05, 3.63) is 52.5 Å². The maximum absolute atomic E-state index is 13.3. The number of benzene rings is 1. The Morgan fingerprint density at radius 1 is 1.19 bits per heavy atom. The number of ether oxygens (including phenoxy) is 1. The largest absolute Gasteiger partial charge is 0.424 e. The van der Waals surface area contributed by atoms with Crippen LogP contribution in [0.1, 0.15) is 0 Å². The van der Waals surface area contributed by atoms with Crippen molar-refractivity contribution in [2.24, 2.45) is 0 Å². The van der Waals surface area contributed by atoms with Crippen LogP contribution < -0.4 is 4.74 Å². The van der Waals surface area contributed by atoms with Crippen molar-refractivity contribution in [3.63, 3.8) is 0 Å². The standard InChI is InChI=1S/C12H6BrClFN5O/c13-7-3-8(15)5-9(4-7)21-12-18-10(14)17-11(19-12)20-2-1-16-6-20/h1-6H. The minimum absolute atomic E-state index is 0.0424. The molecule has 0 saturated carbocycles. The van der Waals surface area contributed by atoms with E-state index in [0.29, 0.717) is 4.47 Å². The molecule has 2 aromatic heterocycles. The van der Waals surface area contributed by atoms with E-state index in [0.717, 1.165) is 0 Å². The fraction of sp³-hybridized carbons (Fsp3) is 0. The van der Waals surface area contributed by atoms with Gasteiger partial charge < -0.3 is 4.74 Å². The predicted molar refractivity (Wildman–Crippen MR) is 76.1 cm³/mol. The second-order valence-corrected chi connectivity index (χ2v) is 5.12. The van der Waals surface area contributed by atoms with Gasteiger partial charge in [-0.3, -0.25) is 4.57 Å². The van der Waals surface area contributed by atoms with Gasteiger partial charge in [-0.05, 0) is 23.7 Å². The number of rotatable bonds is 3. The van der Waals surface area contributed by atoms with Gasteiger partial charge in [-0.15, -0.1) is 0 Å². The second kappa shape index (κ2) is 5.74. The van der Waals surface area contributed by atoms with Crippen LogP contribution in [0.2, 0.25) is 5.28 Å². The molecule has 0 aliphatic carbocycles. The molecule has 0 bridgehead atoms. The summed E-state index contributed by atoms with van der Waals surface area (Å²) in [7, 11) is 0. The molecule has 0 saturated heterocycles. The van der Waals surface area contributed by atoms with E-state index in [9.17, 15) is 4.39 Å². The van der Waals surface area contributed by atoms with E-state index in [1.807, 2.05) is 0 Å². The normalized spacial score (nSPS) is 10.6. The van der Waals surface area contributed by atoms with Gasteiger partial charge in [-0.25, -0.2) is 9.37 Å². The molecule has 0 atom stereocenters. The van der Waals surface area contributed by atoms with Gasteiger partial charge >= 0.3 is 6.01 Å². The molecule has 0 radical (unpaired) electrons. The molecule has 0 aliphatic heterocycles. The molecule has 0 aliphatic rings. The highest BCUT2D eigenvalue weighted by Crippen LogP contribution is 2.24. The summed E-state index contributed by atoms with van der Waals surface area (Å²) in [4.78, 5) is 15.8. The first-order valence-corrected chi connectivity index (χ1v) is 6.81. The third kappa shape index (κ3) is 3.34. The van der Waals surface area contributed by atoms with E-state index in [2.05, 4.69) is 35.9 Å². The van der Waals surface area contributed by atoms with Crippen molar-refractivity contribution in [2.45, 2.75) is 0 Å². The van der Waals surface area contributed by atoms with Crippen molar-refractivity contribution < 1.29 is 9.13 Å². The monoisotopic (exact) mass is 369 g/mol. The molecule has 9 heteroatoms. The van der Waals surface area contributed by atoms with Gasteiger partial charge in [-0.1, -0.05) is 15.9 Å². The first-order chi connectivity index (χ1) is 10.1. The summed E-state index contributed by atoms with van der Waals surface area (Å²) in [6.07, 6.45) is 4.73. The number of hydrogen-bond donors (Lipinski definition) is 0. The SMILES string of the molecule is Fc1cc(Br)cc(Oc2nc(Cl)nc(-n3ccnc3)n2)c1. The van der Waals surface area contributed by atoms with Crippen LogP contribution in [0.25, 0.3) is 5.95 Å². The number of imidazole rings is 1. The lowest BCUT2D eigenvalue weighted by molar-refractivity contribution is 0.434. The second-order valence-electron chi connectivity index (χ2n) is 3.86. The number of nitrogens with zero attached hydrogens (tertiary/aromatic N) is 5. The molecular formula is C12H6BrClFN5O. The summed E-state index contributed by atoms with van der Waals surface area (Å²) in [5.74, 6) is 0.0352. The van der Waals surface area contributed by atoms with Crippen LogP contribution in [0.15, 0.2) is 41.4 Å². The van der Waals surface area contributed by atoms with Gasteiger partial charge in [0.25, 0.3) is 0 Å². The Morgan fingerprint density at radius 2 is 2.05 bits per heavy atom. The quantitative estimate of drug-likeness (QED) is 0.707. The highest BCUT2D eigenvalue weighted by molar-refractivity contribution is 9.10. The Morgan fingerprint density at radius 3 is 2.76 bits per heavy atom. The third-order valence-corrected chi connectivity index (χ3v) is 2.98. The van der Waals surface area contributed by atoms with Crippen LogP contribution in [0.5, 0.6) is 11.8 Å². The molecule has 3 rings (SSSR count). The summed E-state index contributed by atoms with van der Waals surface area (Å²) < 4.78 is 20.8. The number of hydrogen-bond acceptors (Lipinski definition) is 5. The molecular weight excluding hydrogens is 365 g/mol. The molecule has 0 N–H and O–H groups in total. The van der Waals surface area contributed by atoms with E-state index in [1.165, 1.54) is 18.5 Å². The molecule has 0 amide bonds. The van der Waals surface area contributed by atoms with Crippen LogP contribution in [0.3, 0.4) is 0 Å². The van der Waals surface area contributed by atoms with Gasteiger partial charge in [0.2, 0.25) is 11.2 Å². The molecule has 3 aromatic rings. The molecule has 21 heavy (non-hydrogen) atoms. The topological polar surface area (TPSA) is 65.7 Å². The van der Waals surface area contributed by atoms with Crippen LogP contribution in [-0.4, -0.2) is 24.5 Å². The smallest absolute Gasteiger partial charge is 0.328 e. The van der Waals surface area contributed by atoms with Crippen molar-refractivity contribution in [1.82, 2.24) is 24.5 Å². The van der Waals surface area contributed by atoms with Gasteiger partial charge in [0.15, 0.2) is 0 Å². The van der Waals surface area contributed by atoms with Gasteiger partial charge in [0.05, 0.1) is 0 Å². The molecule has 106 valence electrons. The zero-order valence-corrected chi connectivity index (χ0v) is 12.6. The zero-order chi connectivity index (χ0) is 14.8. The Bertz CT molecular complexity index is 763. The van der Waals surface area contributed by atoms with Crippen LogP contribution in [0, 0.1) is 5.82 Å². The molecule has 2 heterocycles. The van der Waals surface area contributed by atoms with Crippen LogP contribution in [-0.2, 0) is 0 Å². The molecule has 0 unspecified atom stereocenters. The van der Waals surface area contributed by atoms with Gasteiger partial charge in [0.1, 0.15) is 17.9 Å². The van der Waals surface area contributed by atoms with Gasteiger partial charge in [-0.2, -0.15) is 15.0 Å². The lowest BCUT2D eigenvalue weighted by Crippen LogP contribution is -2.03. The van der Waals surface area contributed by atoms with Crippen molar-refractivity contribution in [1.29, 1.82) is 0 Å². The van der Waals surface area contributed by atoms with Gasteiger partial charge in [0, 0.05) is 22.9 Å². The number of aromatic nitrogens is 5. The van der Waals surface area contributed by atoms with E-state index in [1.54, 1.807) is 23.0 Å². The lowest BCUT2D eigenvalue weighted by Gasteiger charge is -2.06. The van der Waals surface area contributed by atoms with Crippen LogP contribution >= 0.6 is 27.5 Å². The lowest BCUT2D eigenvalue weighted by atomic mass is 10.3. The summed E-state index contributed by atoms with van der Waals surface area (Å²) in [5, 5.41) is -0.0424. The first kappa shape index (κ1) is 13.9. The first-order valence-electron chi connectivity index (χ1n) is 5.64. The highest BCUT2D eigenvalue weighted by atomic mass is 79.9. The Hall–Kier alpha value is -2.06. The summed E-state index contributed by atoms with van der Waals surface area (Å²) in [6.45, 7) is 0.